The van der Waals surface area contributed by atoms with Gasteiger partial charge in [-0.3, -0.25) is 0 Å². The molecule has 0 aromatic rings. The van der Waals surface area contributed by atoms with E-state index in [1.165, 1.54) is 4.90 Å². The van der Waals surface area contributed by atoms with Crippen LogP contribution in [0.3, 0.4) is 0 Å². The second kappa shape index (κ2) is 4.39. The van der Waals surface area contributed by atoms with E-state index < -0.39 is 12.0 Å². The molecule has 5 nitrogen and oxygen atoms in total. The van der Waals surface area contributed by atoms with Gasteiger partial charge < -0.3 is 15.3 Å². The summed E-state index contributed by atoms with van der Waals surface area (Å²) in [5, 5.41) is 12.0. The van der Waals surface area contributed by atoms with Crippen molar-refractivity contribution in [2.24, 2.45) is 16.7 Å². The monoisotopic (exact) mass is 268 g/mol. The highest BCUT2D eigenvalue weighted by Crippen LogP contribution is 2.67. The molecule has 0 radical (unpaired) electrons. The lowest BCUT2D eigenvalue weighted by molar-refractivity contribution is -0.141. The fraction of sp³-hybridized carbons (Fsp3) is 0.857. The summed E-state index contributed by atoms with van der Waals surface area (Å²) >= 11 is 0. The average Bonchev–Trinajstić information content (AvgIpc) is 2.72. The van der Waals surface area contributed by atoms with Crippen molar-refractivity contribution in [3.8, 4) is 0 Å². The van der Waals surface area contributed by atoms with Gasteiger partial charge in [0.05, 0.1) is 0 Å². The van der Waals surface area contributed by atoms with E-state index >= 15 is 0 Å². The summed E-state index contributed by atoms with van der Waals surface area (Å²) in [6.45, 7) is 10.0. The summed E-state index contributed by atoms with van der Waals surface area (Å²) < 4.78 is 0. The molecule has 1 aliphatic heterocycles. The number of rotatable bonds is 3. The number of urea groups is 1. The summed E-state index contributed by atoms with van der Waals surface area (Å²) in [4.78, 5) is 24.6. The van der Waals surface area contributed by atoms with Crippen LogP contribution in [0, 0.1) is 16.7 Å². The maximum absolute atomic E-state index is 12.1. The Hall–Kier alpha value is -1.26. The van der Waals surface area contributed by atoms with Crippen molar-refractivity contribution >= 4 is 12.0 Å². The fourth-order valence-electron chi connectivity index (χ4n) is 3.40. The predicted octanol–water partition coefficient (Wildman–Crippen LogP) is 1.93. The van der Waals surface area contributed by atoms with Gasteiger partial charge in [0.2, 0.25) is 0 Å². The van der Waals surface area contributed by atoms with E-state index in [2.05, 4.69) is 33.0 Å². The first kappa shape index (κ1) is 14.2. The van der Waals surface area contributed by atoms with Gasteiger partial charge in [0.15, 0.2) is 0 Å². The first-order valence-corrected chi connectivity index (χ1v) is 6.97. The van der Waals surface area contributed by atoms with Gasteiger partial charge >= 0.3 is 12.0 Å². The molecule has 0 aromatic carbocycles. The smallest absolute Gasteiger partial charge is 0.326 e. The molecular weight excluding hydrogens is 244 g/mol. The minimum absolute atomic E-state index is 0.233. The van der Waals surface area contributed by atoms with E-state index in [9.17, 15) is 9.59 Å². The number of nitrogens with zero attached hydrogens (tertiary/aromatic N) is 1. The molecule has 1 atom stereocenters. The zero-order chi connectivity index (χ0) is 14.4. The van der Waals surface area contributed by atoms with Crippen LogP contribution >= 0.6 is 0 Å². The number of hydrogen-bond acceptors (Lipinski definition) is 2. The van der Waals surface area contributed by atoms with Crippen LogP contribution < -0.4 is 5.32 Å². The third kappa shape index (κ3) is 2.19. The van der Waals surface area contributed by atoms with Crippen molar-refractivity contribution in [3.63, 3.8) is 0 Å². The van der Waals surface area contributed by atoms with Gasteiger partial charge in [-0.1, -0.05) is 27.7 Å². The third-order valence-corrected chi connectivity index (χ3v) is 5.58. The maximum atomic E-state index is 12.1. The molecule has 1 saturated carbocycles. The van der Waals surface area contributed by atoms with Crippen LogP contribution in [0.1, 0.15) is 40.5 Å². The lowest BCUT2D eigenvalue weighted by Crippen LogP contribution is -2.46. The van der Waals surface area contributed by atoms with Crippen LogP contribution in [0.25, 0.3) is 0 Å². The Morgan fingerprint density at radius 2 is 1.84 bits per heavy atom. The van der Waals surface area contributed by atoms with Crippen LogP contribution in [0.5, 0.6) is 0 Å². The van der Waals surface area contributed by atoms with Crippen LogP contribution in [0.15, 0.2) is 0 Å². The van der Waals surface area contributed by atoms with Crippen LogP contribution in [-0.2, 0) is 4.79 Å². The second-order valence-corrected chi connectivity index (χ2v) is 6.87. The quantitative estimate of drug-likeness (QED) is 0.821. The Bertz CT molecular complexity index is 389. The molecule has 108 valence electrons. The van der Waals surface area contributed by atoms with E-state index in [1.807, 2.05) is 0 Å². The SMILES string of the molecule is CC1(C)C(CNC(=O)N2CCC[C@@H]2C(=O)O)C1(C)C. The molecular formula is C14H24N2O3. The van der Waals surface area contributed by atoms with Gasteiger partial charge in [0.25, 0.3) is 0 Å². The molecule has 0 aromatic heterocycles. The summed E-state index contributed by atoms with van der Waals surface area (Å²) in [6, 6.07) is -0.886. The van der Waals surface area contributed by atoms with Gasteiger partial charge in [-0.2, -0.15) is 0 Å². The number of amides is 2. The standard InChI is InChI=1S/C14H24N2O3/c1-13(2)10(14(13,3)4)8-15-12(19)16-7-5-6-9(16)11(17)18/h9-10H,5-8H2,1-4H3,(H,15,19)(H,17,18)/t9-/m1/s1. The molecule has 1 aliphatic carbocycles. The minimum atomic E-state index is -0.903. The van der Waals surface area contributed by atoms with Crippen molar-refractivity contribution < 1.29 is 14.7 Å². The molecule has 2 rings (SSSR count). The molecule has 2 N–H and O–H groups in total. The summed E-state index contributed by atoms with van der Waals surface area (Å²) in [7, 11) is 0. The number of likely N-dealkylation sites (tertiary alicyclic amines) is 1. The molecule has 0 spiro atoms. The lowest BCUT2D eigenvalue weighted by atomic mass is 10.0. The van der Waals surface area contributed by atoms with E-state index in [4.69, 9.17) is 5.11 Å². The number of carboxylic acid groups (broad SMARTS) is 1. The average molecular weight is 268 g/mol. The van der Waals surface area contributed by atoms with Crippen molar-refractivity contribution in [2.45, 2.75) is 46.6 Å². The Labute approximate surface area is 114 Å². The summed E-state index contributed by atoms with van der Waals surface area (Å²) in [5.74, 6) is -0.449. The largest absolute Gasteiger partial charge is 0.480 e. The van der Waals surface area contributed by atoms with Crippen molar-refractivity contribution in [1.29, 1.82) is 0 Å². The van der Waals surface area contributed by atoms with E-state index in [1.54, 1.807) is 0 Å². The summed E-state index contributed by atoms with van der Waals surface area (Å²) in [5.41, 5.74) is 0.467. The number of carbonyl (C=O) groups excluding carboxylic acids is 1. The van der Waals surface area contributed by atoms with E-state index in [0.29, 0.717) is 25.4 Å². The number of carboxylic acids is 1. The minimum Gasteiger partial charge on any atom is -0.480 e. The first-order chi connectivity index (χ1) is 8.69. The second-order valence-electron chi connectivity index (χ2n) is 6.87. The normalized spacial score (nSPS) is 28.2. The Morgan fingerprint density at radius 1 is 1.26 bits per heavy atom. The van der Waals surface area contributed by atoms with Gasteiger partial charge in [0.1, 0.15) is 6.04 Å². The van der Waals surface area contributed by atoms with Gasteiger partial charge in [0, 0.05) is 13.1 Å². The fourth-order valence-corrected chi connectivity index (χ4v) is 3.40. The number of aliphatic carboxylic acids is 1. The van der Waals surface area contributed by atoms with Gasteiger partial charge in [-0.15, -0.1) is 0 Å². The van der Waals surface area contributed by atoms with Gasteiger partial charge in [-0.05, 0) is 29.6 Å². The van der Waals surface area contributed by atoms with Crippen molar-refractivity contribution in [2.75, 3.05) is 13.1 Å². The lowest BCUT2D eigenvalue weighted by Gasteiger charge is -2.22. The molecule has 0 bridgehead atoms. The highest BCUT2D eigenvalue weighted by Gasteiger charge is 2.64. The number of nitrogens with one attached hydrogen (secondary N) is 1. The highest BCUT2D eigenvalue weighted by atomic mass is 16.4. The zero-order valence-corrected chi connectivity index (χ0v) is 12.2. The number of carbonyl (C=O) groups is 2. The van der Waals surface area contributed by atoms with Crippen LogP contribution in [0.4, 0.5) is 4.79 Å². The van der Waals surface area contributed by atoms with Crippen LogP contribution in [-0.4, -0.2) is 41.1 Å². The third-order valence-electron chi connectivity index (χ3n) is 5.58. The van der Waals surface area contributed by atoms with Crippen molar-refractivity contribution in [1.82, 2.24) is 10.2 Å². The molecule has 19 heavy (non-hydrogen) atoms. The first-order valence-electron chi connectivity index (χ1n) is 6.97. The Morgan fingerprint density at radius 3 is 2.32 bits per heavy atom. The molecule has 2 fully saturated rings. The zero-order valence-electron chi connectivity index (χ0n) is 12.2. The molecule has 2 amide bonds. The van der Waals surface area contributed by atoms with Crippen molar-refractivity contribution in [3.05, 3.63) is 0 Å². The number of hydrogen-bond donors (Lipinski definition) is 2. The summed E-state index contributed by atoms with van der Waals surface area (Å²) in [6.07, 6.45) is 1.33. The van der Waals surface area contributed by atoms with E-state index in [0.717, 1.165) is 6.42 Å². The van der Waals surface area contributed by atoms with Gasteiger partial charge in [-0.25, -0.2) is 9.59 Å². The predicted molar refractivity (Wildman–Crippen MR) is 71.8 cm³/mol. The topological polar surface area (TPSA) is 69.6 Å². The maximum Gasteiger partial charge on any atom is 0.326 e. The highest BCUT2D eigenvalue weighted by molar-refractivity contribution is 5.83. The van der Waals surface area contributed by atoms with E-state index in [-0.39, 0.29) is 16.9 Å². The molecule has 1 heterocycles. The molecule has 1 saturated heterocycles. The molecule has 5 heteroatoms. The molecule has 0 unspecified atom stereocenters. The Balaban J connectivity index is 1.88. The van der Waals surface area contributed by atoms with Crippen LogP contribution in [0.2, 0.25) is 0 Å². The molecule has 2 aliphatic rings. The Kier molecular flexibility index (Phi) is 3.27.